The first-order valence-corrected chi connectivity index (χ1v) is 10.8. The second kappa shape index (κ2) is 7.97. The summed E-state index contributed by atoms with van der Waals surface area (Å²) < 4.78 is 5.34. The fourth-order valence-corrected chi connectivity index (χ4v) is 5.22. The van der Waals surface area contributed by atoms with Gasteiger partial charge in [0.1, 0.15) is 11.8 Å². The smallest absolute Gasteiger partial charge is 0.186 e. The van der Waals surface area contributed by atoms with E-state index in [0.717, 1.165) is 16.8 Å². The third-order valence-corrected chi connectivity index (χ3v) is 6.70. The van der Waals surface area contributed by atoms with E-state index in [1.54, 1.807) is 31.4 Å². The summed E-state index contributed by atoms with van der Waals surface area (Å²) >= 11 is 0. The number of Topliss-reactive ketones (excluding diaryl/α,β-unsaturated/α-hetero) is 1. The maximum atomic E-state index is 14.1. The van der Waals surface area contributed by atoms with E-state index < -0.39 is 23.4 Å². The summed E-state index contributed by atoms with van der Waals surface area (Å²) in [5.41, 5.74) is 1.64. The van der Waals surface area contributed by atoms with Crippen molar-refractivity contribution in [3.63, 3.8) is 0 Å². The zero-order valence-electron chi connectivity index (χ0n) is 18.1. The Bertz CT molecular complexity index is 1320. The Hall–Kier alpha value is -4.35. The average Bonchev–Trinajstić information content (AvgIpc) is 3.19. The maximum Gasteiger partial charge on any atom is 0.186 e. The third-order valence-electron chi connectivity index (χ3n) is 6.70. The van der Waals surface area contributed by atoms with Crippen molar-refractivity contribution in [3.8, 4) is 17.9 Å². The van der Waals surface area contributed by atoms with Crippen LogP contribution in [0, 0.1) is 28.1 Å². The fourth-order valence-electron chi connectivity index (χ4n) is 5.22. The Morgan fingerprint density at radius 3 is 2.42 bits per heavy atom. The molecule has 5 nitrogen and oxygen atoms in total. The van der Waals surface area contributed by atoms with Crippen LogP contribution in [0.15, 0.2) is 84.9 Å². The molecule has 0 amide bonds. The van der Waals surface area contributed by atoms with Gasteiger partial charge in [0.15, 0.2) is 11.2 Å². The van der Waals surface area contributed by atoms with Gasteiger partial charge >= 0.3 is 0 Å². The number of carbonyl (C=O) groups excluding carboxylic acids is 1. The first-order valence-electron chi connectivity index (χ1n) is 10.8. The Labute approximate surface area is 192 Å². The number of anilines is 1. The highest BCUT2D eigenvalue weighted by Crippen LogP contribution is 2.55. The first kappa shape index (κ1) is 20.5. The van der Waals surface area contributed by atoms with Crippen molar-refractivity contribution in [2.45, 2.75) is 18.0 Å². The van der Waals surface area contributed by atoms with Crippen molar-refractivity contribution in [2.24, 2.45) is 5.41 Å². The van der Waals surface area contributed by atoms with Crippen molar-refractivity contribution in [2.75, 3.05) is 12.0 Å². The van der Waals surface area contributed by atoms with Crippen LogP contribution in [0.5, 0.6) is 5.75 Å². The molecule has 0 unspecified atom stereocenters. The molecule has 0 aliphatic carbocycles. The summed E-state index contributed by atoms with van der Waals surface area (Å²) in [5, 5.41) is 20.8. The van der Waals surface area contributed by atoms with Crippen LogP contribution < -0.4 is 9.64 Å². The lowest BCUT2D eigenvalue weighted by Gasteiger charge is -2.35. The lowest BCUT2D eigenvalue weighted by Crippen LogP contribution is -2.44. The van der Waals surface area contributed by atoms with Crippen molar-refractivity contribution < 1.29 is 9.53 Å². The van der Waals surface area contributed by atoms with E-state index in [2.05, 4.69) is 12.1 Å². The molecule has 0 radical (unpaired) electrons. The van der Waals surface area contributed by atoms with Gasteiger partial charge < -0.3 is 9.64 Å². The number of ketones is 1. The number of fused-ring (bicyclic) bond motifs is 3. The number of carbonyl (C=O) groups is 1. The second-order valence-corrected chi connectivity index (χ2v) is 8.29. The number of methoxy groups -OCH3 is 1. The standard InChI is InChI=1S/C28H21N3O2/c1-33-22-12-7-11-21(16-22)27(32)26-25(20-9-3-2-4-10-20)28(17-29,18-30)24-15-14-19-8-5-6-13-23(19)31(24)26/h2-16,24-26H,1H3/t24-,25-,26+/m1/s1. The van der Waals surface area contributed by atoms with Crippen LogP contribution in [-0.2, 0) is 0 Å². The Balaban J connectivity index is 1.77. The predicted octanol–water partition coefficient (Wildman–Crippen LogP) is 4.98. The average molecular weight is 431 g/mol. The zero-order valence-corrected chi connectivity index (χ0v) is 18.1. The number of benzene rings is 3. The molecule has 2 aliphatic rings. The maximum absolute atomic E-state index is 14.1. The molecule has 0 spiro atoms. The highest BCUT2D eigenvalue weighted by molar-refractivity contribution is 6.04. The summed E-state index contributed by atoms with van der Waals surface area (Å²) in [6.45, 7) is 0. The van der Waals surface area contributed by atoms with E-state index in [4.69, 9.17) is 4.74 Å². The molecule has 2 aliphatic heterocycles. The number of ether oxygens (including phenoxy) is 1. The molecule has 5 heteroatoms. The highest BCUT2D eigenvalue weighted by Gasteiger charge is 2.63. The van der Waals surface area contributed by atoms with Gasteiger partial charge in [-0.2, -0.15) is 10.5 Å². The summed E-state index contributed by atoms with van der Waals surface area (Å²) in [5.74, 6) is -0.212. The molecule has 0 bridgehead atoms. The van der Waals surface area contributed by atoms with Crippen molar-refractivity contribution >= 4 is 17.5 Å². The molecule has 3 aromatic carbocycles. The topological polar surface area (TPSA) is 77.1 Å². The number of nitrogens with zero attached hydrogens (tertiary/aromatic N) is 3. The molecular formula is C28H21N3O2. The first-order chi connectivity index (χ1) is 16.1. The molecular weight excluding hydrogens is 410 g/mol. The molecule has 1 fully saturated rings. The molecule has 0 saturated carbocycles. The van der Waals surface area contributed by atoms with Crippen molar-refractivity contribution in [1.29, 1.82) is 10.5 Å². The van der Waals surface area contributed by atoms with Gasteiger partial charge in [0.05, 0.1) is 25.3 Å². The summed E-state index contributed by atoms with van der Waals surface area (Å²) in [6.07, 6.45) is 3.84. The van der Waals surface area contributed by atoms with Gasteiger partial charge in [0.25, 0.3) is 0 Å². The molecule has 1 saturated heterocycles. The van der Waals surface area contributed by atoms with Gasteiger partial charge in [-0.3, -0.25) is 4.79 Å². The van der Waals surface area contributed by atoms with Crippen LogP contribution in [0.25, 0.3) is 6.08 Å². The third kappa shape index (κ3) is 3.02. The Morgan fingerprint density at radius 1 is 0.970 bits per heavy atom. The van der Waals surface area contributed by atoms with Gasteiger partial charge in [0, 0.05) is 17.2 Å². The summed E-state index contributed by atoms with van der Waals surface area (Å²) in [7, 11) is 1.56. The number of para-hydroxylation sites is 1. The van der Waals surface area contributed by atoms with Crippen LogP contribution >= 0.6 is 0 Å². The van der Waals surface area contributed by atoms with E-state index in [-0.39, 0.29) is 5.78 Å². The lowest BCUT2D eigenvalue weighted by molar-refractivity contribution is 0.0950. The van der Waals surface area contributed by atoms with Crippen molar-refractivity contribution in [3.05, 3.63) is 102 Å². The summed E-state index contributed by atoms with van der Waals surface area (Å²) in [6, 6.07) is 27.6. The van der Waals surface area contributed by atoms with E-state index in [1.807, 2.05) is 71.6 Å². The van der Waals surface area contributed by atoms with Crippen LogP contribution in [0.1, 0.15) is 27.4 Å². The summed E-state index contributed by atoms with van der Waals surface area (Å²) in [4.78, 5) is 16.1. The fraction of sp³-hybridized carbons (Fsp3) is 0.179. The number of hydrogen-bond donors (Lipinski definition) is 0. The monoisotopic (exact) mass is 431 g/mol. The second-order valence-electron chi connectivity index (χ2n) is 8.29. The predicted molar refractivity (Wildman–Crippen MR) is 126 cm³/mol. The normalized spacial score (nSPS) is 21.9. The van der Waals surface area contributed by atoms with Gasteiger partial charge in [-0.05, 0) is 29.3 Å². The van der Waals surface area contributed by atoms with Gasteiger partial charge in [-0.25, -0.2) is 0 Å². The largest absolute Gasteiger partial charge is 0.497 e. The quantitative estimate of drug-likeness (QED) is 0.545. The molecule has 3 atom stereocenters. The molecule has 2 heterocycles. The molecule has 160 valence electrons. The van der Waals surface area contributed by atoms with Gasteiger partial charge in [-0.15, -0.1) is 0 Å². The van der Waals surface area contributed by atoms with Crippen LogP contribution in [-0.4, -0.2) is 25.0 Å². The highest BCUT2D eigenvalue weighted by atomic mass is 16.5. The van der Waals surface area contributed by atoms with E-state index in [9.17, 15) is 15.3 Å². The number of hydrogen-bond acceptors (Lipinski definition) is 5. The minimum Gasteiger partial charge on any atom is -0.497 e. The molecule has 3 aromatic rings. The van der Waals surface area contributed by atoms with E-state index in [1.165, 1.54) is 0 Å². The Kier molecular flexibility index (Phi) is 4.96. The van der Waals surface area contributed by atoms with Gasteiger partial charge in [0.2, 0.25) is 0 Å². The number of nitriles is 2. The number of rotatable bonds is 4. The molecule has 0 aromatic heterocycles. The minimum absolute atomic E-state index is 0.148. The molecule has 5 rings (SSSR count). The molecule has 0 N–H and O–H groups in total. The molecule has 33 heavy (non-hydrogen) atoms. The lowest BCUT2D eigenvalue weighted by atomic mass is 9.69. The Morgan fingerprint density at radius 2 is 1.70 bits per heavy atom. The van der Waals surface area contributed by atoms with E-state index in [0.29, 0.717) is 11.3 Å². The van der Waals surface area contributed by atoms with E-state index >= 15 is 0 Å². The van der Waals surface area contributed by atoms with Crippen LogP contribution in [0.4, 0.5) is 5.69 Å². The SMILES string of the molecule is COc1cccc(C(=O)[C@@H]2[C@@H](c3ccccc3)C(C#N)(C#N)[C@H]3C=Cc4ccccc4N23)c1. The van der Waals surface area contributed by atoms with Crippen LogP contribution in [0.2, 0.25) is 0 Å². The van der Waals surface area contributed by atoms with Gasteiger partial charge in [-0.1, -0.05) is 72.8 Å². The zero-order chi connectivity index (χ0) is 23.0. The van der Waals surface area contributed by atoms with Crippen LogP contribution in [0.3, 0.4) is 0 Å². The van der Waals surface area contributed by atoms with Crippen molar-refractivity contribution in [1.82, 2.24) is 0 Å². The minimum atomic E-state index is -1.44.